The normalized spacial score (nSPS) is 13.4. The van der Waals surface area contributed by atoms with Gasteiger partial charge in [0, 0.05) is 6.42 Å². The minimum absolute atomic E-state index is 0.0676. The first kappa shape index (κ1) is 13.8. The molecule has 0 aromatic carbocycles. The third kappa shape index (κ3) is 7.85. The van der Waals surface area contributed by atoms with Crippen LogP contribution in [0.4, 0.5) is 0 Å². The summed E-state index contributed by atoms with van der Waals surface area (Å²) in [7, 11) is -4.85. The van der Waals surface area contributed by atoms with Crippen molar-refractivity contribution in [1.29, 1.82) is 0 Å². The second kappa shape index (κ2) is 5.63. The third-order valence-electron chi connectivity index (χ3n) is 1.37. The van der Waals surface area contributed by atoms with Crippen molar-refractivity contribution >= 4 is 22.3 Å². The number of carboxylic acids is 2. The maximum Gasteiger partial charge on any atom is 0.398 e. The highest BCUT2D eigenvalue weighted by Gasteiger charge is 2.24. The van der Waals surface area contributed by atoms with Crippen LogP contribution in [-0.2, 0) is 24.2 Å². The Labute approximate surface area is 85.4 Å². The lowest BCUT2D eigenvalue weighted by atomic mass is 10.1. The Bertz CT molecular complexity index is 331. The van der Waals surface area contributed by atoms with Gasteiger partial charge in [0.15, 0.2) is 6.10 Å². The van der Waals surface area contributed by atoms with Crippen molar-refractivity contribution in [2.45, 2.75) is 25.4 Å². The maximum atomic E-state index is 10.4. The standard InChI is InChI=1S/C6H10O8S/c7-5(8)3-1-2-4(6(9)10)14-15(11,12)13/h4H,1-3H2,(H,7,8)(H,9,10)(H,11,12,13)/t4-/m1/s1. The first-order chi connectivity index (χ1) is 6.72. The molecular weight excluding hydrogens is 232 g/mol. The molecule has 1 atom stereocenters. The van der Waals surface area contributed by atoms with Crippen molar-refractivity contribution in [2.75, 3.05) is 0 Å². The summed E-state index contributed by atoms with van der Waals surface area (Å²) in [6, 6.07) is 0. The Hall–Kier alpha value is -1.19. The van der Waals surface area contributed by atoms with Crippen molar-refractivity contribution in [2.24, 2.45) is 0 Å². The number of carbonyl (C=O) groups is 2. The molecule has 0 fully saturated rings. The van der Waals surface area contributed by atoms with Gasteiger partial charge in [-0.05, 0) is 12.8 Å². The summed E-state index contributed by atoms with van der Waals surface area (Å²) in [4.78, 5) is 20.5. The molecule has 8 nitrogen and oxygen atoms in total. The second-order valence-electron chi connectivity index (χ2n) is 2.64. The summed E-state index contributed by atoms with van der Waals surface area (Å²) in [6.07, 6.45) is -2.46. The van der Waals surface area contributed by atoms with Crippen molar-refractivity contribution in [3.05, 3.63) is 0 Å². The summed E-state index contributed by atoms with van der Waals surface area (Å²) in [5.74, 6) is -2.72. The minimum Gasteiger partial charge on any atom is -0.481 e. The number of hydrogen-bond acceptors (Lipinski definition) is 5. The van der Waals surface area contributed by atoms with E-state index >= 15 is 0 Å². The minimum atomic E-state index is -4.85. The van der Waals surface area contributed by atoms with Crippen LogP contribution in [0.2, 0.25) is 0 Å². The molecule has 3 N–H and O–H groups in total. The Morgan fingerprint density at radius 3 is 2.13 bits per heavy atom. The highest BCUT2D eigenvalue weighted by Crippen LogP contribution is 2.08. The molecule has 0 aliphatic rings. The first-order valence-corrected chi connectivity index (χ1v) is 5.19. The zero-order chi connectivity index (χ0) is 12.1. The van der Waals surface area contributed by atoms with E-state index in [9.17, 15) is 18.0 Å². The van der Waals surface area contributed by atoms with Gasteiger partial charge in [0.25, 0.3) is 0 Å². The quantitative estimate of drug-likeness (QED) is 0.508. The first-order valence-electron chi connectivity index (χ1n) is 3.82. The molecule has 0 saturated heterocycles. The van der Waals surface area contributed by atoms with Gasteiger partial charge in [0.1, 0.15) is 0 Å². The molecule has 0 aliphatic carbocycles. The molecular formula is C6H10O8S. The van der Waals surface area contributed by atoms with E-state index in [-0.39, 0.29) is 19.3 Å². The van der Waals surface area contributed by atoms with Gasteiger partial charge in [0.05, 0.1) is 0 Å². The SMILES string of the molecule is O=C(O)CCC[C@@H](OS(=O)(=O)O)C(=O)O. The van der Waals surface area contributed by atoms with Crippen molar-refractivity contribution in [3.63, 3.8) is 0 Å². The van der Waals surface area contributed by atoms with Crippen molar-refractivity contribution in [3.8, 4) is 0 Å². The van der Waals surface area contributed by atoms with Gasteiger partial charge in [-0.15, -0.1) is 0 Å². The zero-order valence-electron chi connectivity index (χ0n) is 7.49. The Morgan fingerprint density at radius 2 is 1.80 bits per heavy atom. The summed E-state index contributed by atoms with van der Waals surface area (Å²) < 4.78 is 32.4. The van der Waals surface area contributed by atoms with Gasteiger partial charge in [-0.3, -0.25) is 9.35 Å². The lowest BCUT2D eigenvalue weighted by molar-refractivity contribution is -0.146. The average molecular weight is 242 g/mol. The lowest BCUT2D eigenvalue weighted by Gasteiger charge is -2.09. The van der Waals surface area contributed by atoms with Crippen molar-refractivity contribution < 1.29 is 37.0 Å². The van der Waals surface area contributed by atoms with Gasteiger partial charge in [-0.2, -0.15) is 8.42 Å². The number of carboxylic acid groups (broad SMARTS) is 2. The third-order valence-corrected chi connectivity index (χ3v) is 1.85. The maximum absolute atomic E-state index is 10.4. The predicted molar refractivity (Wildman–Crippen MR) is 45.5 cm³/mol. The van der Waals surface area contributed by atoms with Crippen LogP contribution < -0.4 is 0 Å². The van der Waals surface area contributed by atoms with Crippen LogP contribution in [0.15, 0.2) is 0 Å². The lowest BCUT2D eigenvalue weighted by Crippen LogP contribution is -2.27. The van der Waals surface area contributed by atoms with E-state index in [1.165, 1.54) is 0 Å². The number of rotatable bonds is 7. The monoisotopic (exact) mass is 242 g/mol. The van der Waals surface area contributed by atoms with E-state index in [1.54, 1.807) is 0 Å². The number of hydrogen-bond donors (Lipinski definition) is 3. The fourth-order valence-corrected chi connectivity index (χ4v) is 1.27. The molecule has 0 bridgehead atoms. The molecule has 0 amide bonds. The molecule has 0 unspecified atom stereocenters. The molecule has 0 aromatic rings. The van der Waals surface area contributed by atoms with Gasteiger partial charge < -0.3 is 10.2 Å². The van der Waals surface area contributed by atoms with Crippen LogP contribution in [-0.4, -0.2) is 41.2 Å². The summed E-state index contributed by atoms with van der Waals surface area (Å²) in [5, 5.41) is 16.7. The molecule has 15 heavy (non-hydrogen) atoms. The fourth-order valence-electron chi connectivity index (χ4n) is 0.798. The van der Waals surface area contributed by atoms with Crippen molar-refractivity contribution in [1.82, 2.24) is 0 Å². The largest absolute Gasteiger partial charge is 0.481 e. The van der Waals surface area contributed by atoms with Crippen LogP contribution in [0, 0.1) is 0 Å². The fraction of sp³-hybridized carbons (Fsp3) is 0.667. The molecule has 0 aliphatic heterocycles. The van der Waals surface area contributed by atoms with E-state index in [1.807, 2.05) is 0 Å². The molecule has 0 heterocycles. The van der Waals surface area contributed by atoms with Gasteiger partial charge in [0.2, 0.25) is 0 Å². The highest BCUT2D eigenvalue weighted by molar-refractivity contribution is 7.80. The molecule has 0 saturated carbocycles. The summed E-state index contributed by atoms with van der Waals surface area (Å²) in [6.45, 7) is 0. The highest BCUT2D eigenvalue weighted by atomic mass is 32.3. The average Bonchev–Trinajstić information content (AvgIpc) is 1.99. The van der Waals surface area contributed by atoms with E-state index in [0.717, 1.165) is 0 Å². The molecule has 88 valence electrons. The summed E-state index contributed by atoms with van der Waals surface area (Å²) >= 11 is 0. The van der Waals surface area contributed by atoms with Crippen LogP contribution in [0.5, 0.6) is 0 Å². The number of aliphatic carboxylic acids is 2. The van der Waals surface area contributed by atoms with Crippen LogP contribution in [0.1, 0.15) is 19.3 Å². The molecule has 0 radical (unpaired) electrons. The Balaban J connectivity index is 4.18. The molecule has 0 aromatic heterocycles. The second-order valence-corrected chi connectivity index (χ2v) is 3.68. The van der Waals surface area contributed by atoms with E-state index in [2.05, 4.69) is 4.18 Å². The Morgan fingerprint density at radius 1 is 1.27 bits per heavy atom. The molecule has 0 rings (SSSR count). The van der Waals surface area contributed by atoms with Gasteiger partial charge >= 0.3 is 22.3 Å². The van der Waals surface area contributed by atoms with Crippen LogP contribution in [0.3, 0.4) is 0 Å². The van der Waals surface area contributed by atoms with Gasteiger partial charge in [-0.25, -0.2) is 8.98 Å². The topological polar surface area (TPSA) is 138 Å². The van der Waals surface area contributed by atoms with E-state index in [0.29, 0.717) is 0 Å². The smallest absolute Gasteiger partial charge is 0.398 e. The zero-order valence-corrected chi connectivity index (χ0v) is 8.31. The molecule has 9 heteroatoms. The summed E-state index contributed by atoms with van der Waals surface area (Å²) in [5.41, 5.74) is 0. The van der Waals surface area contributed by atoms with Crippen LogP contribution >= 0.6 is 0 Å². The van der Waals surface area contributed by atoms with E-state index in [4.69, 9.17) is 14.8 Å². The Kier molecular flexibility index (Phi) is 5.19. The van der Waals surface area contributed by atoms with Gasteiger partial charge in [-0.1, -0.05) is 0 Å². The molecule has 0 spiro atoms. The van der Waals surface area contributed by atoms with E-state index < -0.39 is 28.4 Å². The van der Waals surface area contributed by atoms with Crippen LogP contribution in [0.25, 0.3) is 0 Å². The predicted octanol–water partition coefficient (Wildman–Crippen LogP) is -0.486.